The molecule has 3 aromatic carbocycles. The molecule has 0 amide bonds. The van der Waals surface area contributed by atoms with Crippen molar-refractivity contribution in [3.8, 4) is 0 Å². The zero-order chi connectivity index (χ0) is 38.5. The summed E-state index contributed by atoms with van der Waals surface area (Å²) in [5.74, 6) is 2.53. The Hall–Kier alpha value is -4.24. The van der Waals surface area contributed by atoms with Crippen molar-refractivity contribution in [3.05, 3.63) is 92.3 Å². The molecule has 5 heterocycles. The van der Waals surface area contributed by atoms with Crippen molar-refractivity contribution >= 4 is 67.3 Å². The summed E-state index contributed by atoms with van der Waals surface area (Å²) >= 11 is 0. The second-order valence-electron chi connectivity index (χ2n) is 22.2. The number of benzene rings is 3. The van der Waals surface area contributed by atoms with Crippen molar-refractivity contribution in [2.45, 2.75) is 132 Å². The summed E-state index contributed by atoms with van der Waals surface area (Å²) in [5, 5.41) is 9.50. The molecule has 0 bridgehead atoms. The largest absolute Gasteiger partial charge is 0.459 e. The van der Waals surface area contributed by atoms with Crippen molar-refractivity contribution in [1.82, 2.24) is 8.97 Å². The maximum atomic E-state index is 7.48. The lowest BCUT2D eigenvalue weighted by Crippen LogP contribution is -2.33. The predicted molar refractivity (Wildman–Crippen MR) is 233 cm³/mol. The summed E-state index contributed by atoms with van der Waals surface area (Å²) in [6.07, 6.45) is 14.7. The first-order valence-electron chi connectivity index (χ1n) is 21.2. The first-order chi connectivity index (χ1) is 25.8. The van der Waals surface area contributed by atoms with Gasteiger partial charge in [0.05, 0.1) is 33.9 Å². The Labute approximate surface area is 326 Å². The third kappa shape index (κ3) is 4.45. The molecule has 3 heteroatoms. The second-order valence-corrected chi connectivity index (χ2v) is 22.2. The molecule has 55 heavy (non-hydrogen) atoms. The molecule has 3 nitrogen and oxygen atoms in total. The minimum absolute atomic E-state index is 0.0172. The highest BCUT2D eigenvalue weighted by Gasteiger charge is 2.45. The van der Waals surface area contributed by atoms with Gasteiger partial charge in [-0.25, -0.2) is 0 Å². The lowest BCUT2D eigenvalue weighted by Gasteiger charge is -2.35. The van der Waals surface area contributed by atoms with Crippen LogP contribution in [0.15, 0.2) is 46.9 Å². The van der Waals surface area contributed by atoms with Gasteiger partial charge in [-0.3, -0.25) is 0 Å². The molecule has 4 aromatic heterocycles. The van der Waals surface area contributed by atoms with Crippen molar-refractivity contribution in [1.29, 1.82) is 0 Å². The summed E-state index contributed by atoms with van der Waals surface area (Å²) in [7, 11) is 0. The van der Waals surface area contributed by atoms with Gasteiger partial charge in [-0.05, 0) is 112 Å². The Morgan fingerprint density at radius 1 is 0.745 bits per heavy atom. The summed E-state index contributed by atoms with van der Waals surface area (Å²) in [5.41, 5.74) is 14.5. The molecule has 0 spiro atoms. The maximum absolute atomic E-state index is 7.48. The third-order valence-corrected chi connectivity index (χ3v) is 14.8. The molecule has 0 radical (unpaired) electrons. The molecule has 1 aliphatic heterocycles. The average Bonchev–Trinajstić information content (AvgIpc) is 3.89. The first-order valence-corrected chi connectivity index (χ1v) is 21.2. The molecule has 4 aliphatic rings. The van der Waals surface area contributed by atoms with Gasteiger partial charge in [0.25, 0.3) is 0 Å². The topological polar surface area (TPSA) is 22.5 Å². The van der Waals surface area contributed by atoms with E-state index in [4.69, 9.17) is 4.42 Å². The molecule has 4 atom stereocenters. The highest BCUT2D eigenvalue weighted by atomic mass is 16.3. The van der Waals surface area contributed by atoms with E-state index in [-0.39, 0.29) is 28.2 Å². The Balaban J connectivity index is 1.18. The van der Waals surface area contributed by atoms with Gasteiger partial charge in [0, 0.05) is 43.4 Å². The molecule has 0 N–H and O–H groups in total. The van der Waals surface area contributed by atoms with E-state index in [9.17, 15) is 0 Å². The number of allylic oxidation sites excluding steroid dienone is 1. The zero-order valence-corrected chi connectivity index (χ0v) is 35.2. The molecule has 7 aromatic rings. The van der Waals surface area contributed by atoms with Crippen LogP contribution in [0.2, 0.25) is 0 Å². The van der Waals surface area contributed by atoms with Crippen LogP contribution in [-0.4, -0.2) is 8.97 Å². The number of fused-ring (bicyclic) bond motifs is 17. The molecular formula is C52H58N2O. The first kappa shape index (κ1) is 34.0. The van der Waals surface area contributed by atoms with Crippen LogP contribution in [0.1, 0.15) is 147 Å². The van der Waals surface area contributed by atoms with Crippen molar-refractivity contribution < 1.29 is 4.42 Å². The van der Waals surface area contributed by atoms with Crippen molar-refractivity contribution in [3.63, 3.8) is 0 Å². The smallest absolute Gasteiger partial charge is 0.144 e. The number of furan rings is 1. The second kappa shape index (κ2) is 10.4. The van der Waals surface area contributed by atoms with E-state index in [1.165, 1.54) is 89.1 Å². The average molecular weight is 727 g/mol. The molecule has 282 valence electrons. The van der Waals surface area contributed by atoms with Crippen LogP contribution in [0.5, 0.6) is 0 Å². The quantitative estimate of drug-likeness (QED) is 0.153. The van der Waals surface area contributed by atoms with E-state index < -0.39 is 0 Å². The summed E-state index contributed by atoms with van der Waals surface area (Å²) in [6.45, 7) is 28.7. The molecule has 0 saturated carbocycles. The Bertz CT molecular complexity index is 2980. The fourth-order valence-corrected chi connectivity index (χ4v) is 11.4. The van der Waals surface area contributed by atoms with Crippen molar-refractivity contribution in [2.24, 2.45) is 22.7 Å². The highest BCUT2D eigenvalue weighted by molar-refractivity contribution is 6.23. The van der Waals surface area contributed by atoms with Gasteiger partial charge in [0.15, 0.2) is 0 Å². The molecular weight excluding hydrogens is 669 g/mol. The highest BCUT2D eigenvalue weighted by Crippen LogP contribution is 2.57. The summed E-state index contributed by atoms with van der Waals surface area (Å²) in [6, 6.07) is 15.1. The van der Waals surface area contributed by atoms with E-state index in [1.807, 2.05) is 0 Å². The van der Waals surface area contributed by atoms with Crippen LogP contribution in [0.3, 0.4) is 0 Å². The van der Waals surface area contributed by atoms with Crippen LogP contribution < -0.4 is 10.6 Å². The molecule has 4 unspecified atom stereocenters. The molecule has 0 saturated heterocycles. The standard InChI is InChI=1S/C52H58N2O/c1-49(2,3)27-13-17-39-33(21-27)35-23-29(51(7,8)9)25-37-43-41(53(39)45(35)37)19-15-31-32-16-20-42-44(48(32)55-47(31)43)38-26-30(52(10,11)12)24-36-34-22-28(50(4,5)6)14-18-40(34)54(42)46(36)38/h15-17,19-21,23-28,42,44H,13-14,18,22H2,1-12H3. The maximum Gasteiger partial charge on any atom is 0.144 e. The van der Waals surface area contributed by atoms with Gasteiger partial charge in [0.1, 0.15) is 11.3 Å². The van der Waals surface area contributed by atoms with Gasteiger partial charge < -0.3 is 13.4 Å². The lowest BCUT2D eigenvalue weighted by atomic mass is 9.71. The summed E-state index contributed by atoms with van der Waals surface area (Å²) in [4.78, 5) is 0. The van der Waals surface area contributed by atoms with E-state index in [1.54, 1.807) is 11.3 Å². The van der Waals surface area contributed by atoms with Crippen LogP contribution >= 0.6 is 0 Å². The number of hydrogen-bond donors (Lipinski definition) is 0. The molecule has 0 fully saturated rings. The van der Waals surface area contributed by atoms with Gasteiger partial charge in [-0.2, -0.15) is 0 Å². The van der Waals surface area contributed by atoms with Gasteiger partial charge >= 0.3 is 0 Å². The van der Waals surface area contributed by atoms with Crippen LogP contribution in [0, 0.1) is 22.7 Å². The summed E-state index contributed by atoms with van der Waals surface area (Å²) < 4.78 is 12.8. The normalized spacial score (nSPS) is 22.5. The fraction of sp³-hybridized carbons (Fsp3) is 0.462. The van der Waals surface area contributed by atoms with Gasteiger partial charge in [-0.1, -0.05) is 113 Å². The number of nitrogens with zero attached hydrogens (tertiary/aromatic N) is 2. The lowest BCUT2D eigenvalue weighted by molar-refractivity contribution is 0.214. The molecule has 11 rings (SSSR count). The van der Waals surface area contributed by atoms with E-state index >= 15 is 0 Å². The molecule has 3 aliphatic carbocycles. The number of aromatic nitrogens is 2. The number of rotatable bonds is 0. The van der Waals surface area contributed by atoms with E-state index in [0.717, 1.165) is 24.2 Å². The third-order valence-electron chi connectivity index (χ3n) is 14.8. The predicted octanol–water partition coefficient (Wildman–Crippen LogP) is 12.5. The Morgan fingerprint density at radius 3 is 2.16 bits per heavy atom. The minimum Gasteiger partial charge on any atom is -0.459 e. The SMILES string of the molecule is CC(C)(C)c1cc2c3c(c1)c1c(n3C3C=Cc4c(oc5c4ccc4c5c5cc(C(C)(C)C)cc6c7c(n4c65)=CCC(C(C)(C)C)C=7)C23)CCC(C(C)(C)C)C1. The van der Waals surface area contributed by atoms with Crippen LogP contribution in [-0.2, 0) is 23.7 Å². The number of hydrogen-bond acceptors (Lipinski definition) is 1. The fourth-order valence-electron chi connectivity index (χ4n) is 11.4. The van der Waals surface area contributed by atoms with Crippen LogP contribution in [0.25, 0.3) is 67.3 Å². The Kier molecular flexibility index (Phi) is 6.43. The van der Waals surface area contributed by atoms with E-state index in [2.05, 4.69) is 153 Å². The van der Waals surface area contributed by atoms with Gasteiger partial charge in [0.2, 0.25) is 0 Å². The monoisotopic (exact) mass is 726 g/mol. The Morgan fingerprint density at radius 2 is 1.45 bits per heavy atom. The van der Waals surface area contributed by atoms with E-state index in [0.29, 0.717) is 17.3 Å². The van der Waals surface area contributed by atoms with Crippen LogP contribution in [0.4, 0.5) is 0 Å². The minimum atomic E-state index is 0.0172. The van der Waals surface area contributed by atoms with Gasteiger partial charge in [-0.15, -0.1) is 0 Å². The zero-order valence-electron chi connectivity index (χ0n) is 35.2. The van der Waals surface area contributed by atoms with Crippen molar-refractivity contribution in [2.75, 3.05) is 0 Å².